The number of nitro groups is 1. The summed E-state index contributed by atoms with van der Waals surface area (Å²) in [4.78, 5) is 35.3. The highest BCUT2D eigenvalue weighted by atomic mass is 16.7. The lowest BCUT2D eigenvalue weighted by Gasteiger charge is -2.11. The Balaban J connectivity index is 1.77. The number of Topliss-reactive ketones (excluding diaryl/α,β-unsaturated/α-hetero) is 1. The predicted molar refractivity (Wildman–Crippen MR) is 98.0 cm³/mol. The maximum absolute atomic E-state index is 12.4. The van der Waals surface area contributed by atoms with Gasteiger partial charge in [0.15, 0.2) is 35.4 Å². The summed E-state index contributed by atoms with van der Waals surface area (Å²) < 4.78 is 25.8. The van der Waals surface area contributed by atoms with Gasteiger partial charge in [-0.15, -0.1) is 0 Å². The fourth-order valence-corrected chi connectivity index (χ4v) is 2.65. The smallest absolute Gasteiger partial charge is 0.345 e. The van der Waals surface area contributed by atoms with Crippen LogP contribution in [-0.2, 0) is 4.74 Å². The Bertz CT molecular complexity index is 970. The van der Waals surface area contributed by atoms with Gasteiger partial charge in [-0.25, -0.2) is 4.79 Å². The monoisotopic (exact) mass is 403 g/mol. The average Bonchev–Trinajstić information content (AvgIpc) is 3.19. The minimum Gasteiger partial charge on any atom is -0.493 e. The van der Waals surface area contributed by atoms with E-state index in [2.05, 4.69) is 0 Å². The van der Waals surface area contributed by atoms with Crippen molar-refractivity contribution in [3.8, 4) is 23.0 Å². The summed E-state index contributed by atoms with van der Waals surface area (Å²) in [6, 6.07) is 6.78. The van der Waals surface area contributed by atoms with Gasteiger partial charge in [-0.05, 0) is 25.1 Å². The molecule has 0 bridgehead atoms. The number of hydrogen-bond acceptors (Lipinski definition) is 9. The largest absolute Gasteiger partial charge is 0.493 e. The van der Waals surface area contributed by atoms with Crippen LogP contribution in [0.5, 0.6) is 23.0 Å². The van der Waals surface area contributed by atoms with E-state index < -0.39 is 29.0 Å². The number of methoxy groups -OCH3 is 1. The number of esters is 1. The lowest BCUT2D eigenvalue weighted by molar-refractivity contribution is -0.385. The molecule has 0 radical (unpaired) electrons. The summed E-state index contributed by atoms with van der Waals surface area (Å²) in [7, 11) is 1.34. The minimum absolute atomic E-state index is 0.0607. The molecule has 3 rings (SSSR count). The summed E-state index contributed by atoms with van der Waals surface area (Å²) in [5.74, 6) is -0.366. The number of ether oxygens (including phenoxy) is 5. The summed E-state index contributed by atoms with van der Waals surface area (Å²) >= 11 is 0. The van der Waals surface area contributed by atoms with Gasteiger partial charge in [-0.2, -0.15) is 0 Å². The number of rotatable bonds is 8. The van der Waals surface area contributed by atoms with Crippen LogP contribution in [0.1, 0.15) is 27.6 Å². The molecule has 0 spiro atoms. The number of carbonyl (C=O) groups excluding carboxylic acids is 2. The number of benzene rings is 2. The molecule has 0 fully saturated rings. The van der Waals surface area contributed by atoms with Gasteiger partial charge in [0.05, 0.1) is 24.7 Å². The van der Waals surface area contributed by atoms with Crippen LogP contribution >= 0.6 is 0 Å². The van der Waals surface area contributed by atoms with Crippen molar-refractivity contribution in [2.24, 2.45) is 0 Å². The predicted octanol–water partition coefficient (Wildman–Crippen LogP) is 2.77. The second-order valence-corrected chi connectivity index (χ2v) is 5.78. The maximum Gasteiger partial charge on any atom is 0.345 e. The Kier molecular flexibility index (Phi) is 5.82. The van der Waals surface area contributed by atoms with E-state index in [4.69, 9.17) is 23.7 Å². The second kappa shape index (κ2) is 8.46. The zero-order valence-corrected chi connectivity index (χ0v) is 15.6. The van der Waals surface area contributed by atoms with Gasteiger partial charge in [-0.1, -0.05) is 0 Å². The van der Waals surface area contributed by atoms with Gasteiger partial charge >= 0.3 is 5.97 Å². The average molecular weight is 403 g/mol. The number of hydrogen-bond donors (Lipinski definition) is 0. The van der Waals surface area contributed by atoms with E-state index >= 15 is 0 Å². The number of ketones is 1. The van der Waals surface area contributed by atoms with E-state index in [1.165, 1.54) is 19.2 Å². The molecule has 0 aliphatic carbocycles. The molecule has 2 aromatic rings. The van der Waals surface area contributed by atoms with Gasteiger partial charge in [0.2, 0.25) is 6.79 Å². The second-order valence-electron chi connectivity index (χ2n) is 5.78. The normalized spacial score (nSPS) is 11.7. The number of carbonyl (C=O) groups is 2. The zero-order chi connectivity index (χ0) is 21.0. The number of nitrogens with zero attached hydrogens (tertiary/aromatic N) is 1. The third-order valence-electron chi connectivity index (χ3n) is 4.03. The summed E-state index contributed by atoms with van der Waals surface area (Å²) in [6.45, 7) is 1.41. The van der Waals surface area contributed by atoms with Crippen LogP contribution in [0.3, 0.4) is 0 Å². The highest BCUT2D eigenvalue weighted by Crippen LogP contribution is 2.35. The van der Waals surface area contributed by atoms with Crippen molar-refractivity contribution >= 4 is 17.4 Å². The van der Waals surface area contributed by atoms with Crippen LogP contribution in [-0.4, -0.2) is 43.8 Å². The highest BCUT2D eigenvalue weighted by molar-refractivity contribution is 6.01. The molecule has 10 heteroatoms. The van der Waals surface area contributed by atoms with E-state index in [1.54, 1.807) is 13.0 Å². The first kappa shape index (κ1) is 19.9. The third kappa shape index (κ3) is 4.21. The van der Waals surface area contributed by atoms with Gasteiger partial charge in [0, 0.05) is 11.6 Å². The van der Waals surface area contributed by atoms with Gasteiger partial charge in [0.25, 0.3) is 5.69 Å². The van der Waals surface area contributed by atoms with E-state index in [1.807, 2.05) is 0 Å². The summed E-state index contributed by atoms with van der Waals surface area (Å²) in [6.07, 6.45) is 0. The van der Waals surface area contributed by atoms with E-state index in [9.17, 15) is 19.7 Å². The lowest BCUT2D eigenvalue weighted by Crippen LogP contribution is -2.15. The summed E-state index contributed by atoms with van der Waals surface area (Å²) in [5, 5.41) is 11.4. The number of nitro benzene ring substituents is 1. The highest BCUT2D eigenvalue weighted by Gasteiger charge is 2.26. The van der Waals surface area contributed by atoms with Gasteiger partial charge in [-0.3, -0.25) is 14.9 Å². The molecule has 152 valence electrons. The Morgan fingerprint density at radius 3 is 2.59 bits per heavy atom. The molecule has 0 atom stereocenters. The van der Waals surface area contributed by atoms with Gasteiger partial charge < -0.3 is 23.7 Å². The Hall–Kier alpha value is -3.82. The van der Waals surface area contributed by atoms with E-state index in [0.717, 1.165) is 12.1 Å². The van der Waals surface area contributed by atoms with Crippen molar-refractivity contribution in [3.63, 3.8) is 0 Å². The fraction of sp³-hybridized carbons (Fsp3) is 0.263. The van der Waals surface area contributed by atoms with Crippen LogP contribution in [0.4, 0.5) is 5.69 Å². The molecular formula is C19H17NO9. The van der Waals surface area contributed by atoms with Crippen LogP contribution < -0.4 is 18.9 Å². The molecule has 0 aromatic heterocycles. The molecule has 1 aliphatic heterocycles. The third-order valence-corrected chi connectivity index (χ3v) is 4.03. The first-order valence-electron chi connectivity index (χ1n) is 8.53. The van der Waals surface area contributed by atoms with E-state index in [0.29, 0.717) is 11.5 Å². The van der Waals surface area contributed by atoms with Crippen LogP contribution in [0.15, 0.2) is 30.3 Å². The van der Waals surface area contributed by atoms with Crippen LogP contribution in [0.2, 0.25) is 0 Å². The Morgan fingerprint density at radius 2 is 1.90 bits per heavy atom. The van der Waals surface area contributed by atoms with Crippen molar-refractivity contribution < 1.29 is 38.2 Å². The quantitative estimate of drug-likeness (QED) is 0.283. The minimum atomic E-state index is -1.04. The van der Waals surface area contributed by atoms with Crippen molar-refractivity contribution in [1.29, 1.82) is 0 Å². The molecule has 29 heavy (non-hydrogen) atoms. The molecule has 2 aromatic carbocycles. The molecule has 0 saturated carbocycles. The van der Waals surface area contributed by atoms with Gasteiger partial charge in [0.1, 0.15) is 5.56 Å². The molecule has 0 saturated heterocycles. The van der Waals surface area contributed by atoms with Crippen LogP contribution in [0.25, 0.3) is 0 Å². The van der Waals surface area contributed by atoms with Crippen molar-refractivity contribution in [3.05, 3.63) is 51.6 Å². The molecule has 0 N–H and O–H groups in total. The van der Waals surface area contributed by atoms with E-state index in [-0.39, 0.29) is 36.0 Å². The topological polar surface area (TPSA) is 123 Å². The molecule has 0 unspecified atom stereocenters. The standard InChI is InChI=1S/C19H17NO9/c1-3-26-18-8-13(20(23)24)12(7-16(18)25-2)19(22)27-9-14(21)11-4-5-15-17(6-11)29-10-28-15/h4-8H,3,9-10H2,1-2H3. The molecule has 1 aliphatic rings. The number of fused-ring (bicyclic) bond motifs is 1. The first-order chi connectivity index (χ1) is 13.9. The maximum atomic E-state index is 12.4. The SMILES string of the molecule is CCOc1cc([N+](=O)[O-])c(C(=O)OCC(=O)c2ccc3c(c2)OCO3)cc1OC. The Labute approximate surface area is 165 Å². The first-order valence-corrected chi connectivity index (χ1v) is 8.53. The van der Waals surface area contributed by atoms with Crippen molar-refractivity contribution in [2.45, 2.75) is 6.92 Å². The summed E-state index contributed by atoms with van der Waals surface area (Å²) in [5.41, 5.74) is -0.621. The van der Waals surface area contributed by atoms with Crippen LogP contribution in [0, 0.1) is 10.1 Å². The zero-order valence-electron chi connectivity index (χ0n) is 15.6. The fourth-order valence-electron chi connectivity index (χ4n) is 2.65. The lowest BCUT2D eigenvalue weighted by atomic mass is 10.1. The Morgan fingerprint density at radius 1 is 1.14 bits per heavy atom. The van der Waals surface area contributed by atoms with Crippen molar-refractivity contribution in [2.75, 3.05) is 27.1 Å². The molecule has 1 heterocycles. The van der Waals surface area contributed by atoms with Crippen molar-refractivity contribution in [1.82, 2.24) is 0 Å². The molecular weight excluding hydrogens is 386 g/mol. The molecule has 0 amide bonds. The molecule has 10 nitrogen and oxygen atoms in total.